The summed E-state index contributed by atoms with van der Waals surface area (Å²) in [6.45, 7) is 7.47. The maximum atomic E-state index is 12.4. The van der Waals surface area contributed by atoms with Crippen molar-refractivity contribution in [1.29, 1.82) is 0 Å². The third kappa shape index (κ3) is 5.58. The number of hydrogen-bond acceptors (Lipinski definition) is 5. The average molecular weight is 431 g/mol. The normalized spacial score (nSPS) is 22.7. The van der Waals surface area contributed by atoms with E-state index >= 15 is 0 Å². The lowest BCUT2D eigenvalue weighted by Crippen LogP contribution is -2.45. The van der Waals surface area contributed by atoms with Gasteiger partial charge < -0.3 is 24.5 Å². The number of carbonyl (C=O) groups excluding carboxylic acids is 2. The van der Waals surface area contributed by atoms with Crippen LogP contribution in [-0.2, 0) is 20.7 Å². The standard InChI is InChI=1S/C24H34N2O5/c1-15-10-11-20(21(27)12-15)26-14-16(17-8-6-7-9-19(17)26)13-18(22(28)30-5)25-23(29)31-24(2,3)4/h6-9,14-15,18,20-21,27H,10-13H2,1-5H3,(H,25,29)/t15-,18+,20-,21-/m1/s1. The van der Waals surface area contributed by atoms with Gasteiger partial charge in [-0.15, -0.1) is 0 Å². The lowest BCUT2D eigenvalue weighted by Gasteiger charge is -2.33. The monoisotopic (exact) mass is 430 g/mol. The van der Waals surface area contributed by atoms with Crippen molar-refractivity contribution in [3.63, 3.8) is 0 Å². The number of nitrogens with one attached hydrogen (secondary N) is 1. The Bertz CT molecular complexity index is 930. The number of aliphatic hydroxyl groups is 1. The number of aliphatic hydroxyl groups excluding tert-OH is 1. The zero-order valence-electron chi connectivity index (χ0n) is 19.1. The lowest BCUT2D eigenvalue weighted by molar-refractivity contribution is -0.143. The summed E-state index contributed by atoms with van der Waals surface area (Å²) in [7, 11) is 1.30. The Morgan fingerprint density at radius 1 is 1.26 bits per heavy atom. The summed E-state index contributed by atoms with van der Waals surface area (Å²) in [6.07, 6.45) is 3.93. The average Bonchev–Trinajstić information content (AvgIpc) is 3.04. The summed E-state index contributed by atoms with van der Waals surface area (Å²) >= 11 is 0. The van der Waals surface area contributed by atoms with Gasteiger partial charge in [0.1, 0.15) is 11.6 Å². The molecule has 0 spiro atoms. The van der Waals surface area contributed by atoms with E-state index in [2.05, 4.69) is 16.8 Å². The minimum Gasteiger partial charge on any atom is -0.467 e. The van der Waals surface area contributed by atoms with E-state index in [1.54, 1.807) is 20.8 Å². The van der Waals surface area contributed by atoms with Gasteiger partial charge >= 0.3 is 12.1 Å². The fourth-order valence-electron chi connectivity index (χ4n) is 4.38. The molecule has 1 fully saturated rings. The summed E-state index contributed by atoms with van der Waals surface area (Å²) in [5.41, 5.74) is 1.25. The highest BCUT2D eigenvalue weighted by Gasteiger charge is 2.31. The first-order valence-electron chi connectivity index (χ1n) is 10.9. The second-order valence-corrected chi connectivity index (χ2v) is 9.56. The van der Waals surface area contributed by atoms with E-state index in [4.69, 9.17) is 9.47 Å². The first-order chi connectivity index (χ1) is 14.6. The molecule has 31 heavy (non-hydrogen) atoms. The summed E-state index contributed by atoms with van der Waals surface area (Å²) in [6, 6.07) is 7.06. The molecule has 7 nitrogen and oxygen atoms in total. The maximum Gasteiger partial charge on any atom is 0.408 e. The Morgan fingerprint density at radius 2 is 1.97 bits per heavy atom. The fourth-order valence-corrected chi connectivity index (χ4v) is 4.38. The molecule has 170 valence electrons. The number of amides is 1. The molecule has 0 bridgehead atoms. The first kappa shape index (κ1) is 23.1. The molecule has 1 amide bonds. The van der Waals surface area contributed by atoms with Crippen LogP contribution in [0.2, 0.25) is 0 Å². The molecule has 1 aromatic heterocycles. The Kier molecular flexibility index (Phi) is 6.94. The molecule has 4 atom stereocenters. The lowest BCUT2D eigenvalue weighted by atomic mass is 9.85. The molecule has 0 unspecified atom stereocenters. The number of methoxy groups -OCH3 is 1. The van der Waals surface area contributed by atoms with E-state index in [9.17, 15) is 14.7 Å². The third-order valence-electron chi connectivity index (χ3n) is 5.82. The highest BCUT2D eigenvalue weighted by molar-refractivity contribution is 5.86. The second kappa shape index (κ2) is 9.30. The summed E-state index contributed by atoms with van der Waals surface area (Å²) < 4.78 is 12.4. The van der Waals surface area contributed by atoms with Gasteiger partial charge in [0.15, 0.2) is 0 Å². The van der Waals surface area contributed by atoms with Crippen molar-refractivity contribution in [1.82, 2.24) is 9.88 Å². The quantitative estimate of drug-likeness (QED) is 0.701. The number of nitrogens with zero attached hydrogens (tertiary/aromatic N) is 1. The number of carbonyl (C=O) groups is 2. The van der Waals surface area contributed by atoms with Crippen molar-refractivity contribution in [3.05, 3.63) is 36.0 Å². The summed E-state index contributed by atoms with van der Waals surface area (Å²) in [5.74, 6) is -0.0245. The van der Waals surface area contributed by atoms with E-state index < -0.39 is 29.8 Å². The van der Waals surface area contributed by atoms with Gasteiger partial charge in [-0.2, -0.15) is 0 Å². The van der Waals surface area contributed by atoms with Gasteiger partial charge in [-0.3, -0.25) is 0 Å². The van der Waals surface area contributed by atoms with Crippen LogP contribution in [0.15, 0.2) is 30.5 Å². The SMILES string of the molecule is COC(=O)[C@H](Cc1cn([C@@H]2CC[C@@H](C)C[C@H]2O)c2ccccc12)NC(=O)OC(C)(C)C. The van der Waals surface area contributed by atoms with Crippen molar-refractivity contribution in [2.75, 3.05) is 7.11 Å². The molecule has 1 aliphatic carbocycles. The zero-order chi connectivity index (χ0) is 22.8. The molecule has 1 aromatic carbocycles. The minimum absolute atomic E-state index is 0.00904. The van der Waals surface area contributed by atoms with Crippen molar-refractivity contribution in [3.8, 4) is 0 Å². The molecule has 2 N–H and O–H groups in total. The van der Waals surface area contributed by atoms with Gasteiger partial charge in [-0.05, 0) is 57.6 Å². The van der Waals surface area contributed by atoms with Gasteiger partial charge in [-0.25, -0.2) is 9.59 Å². The van der Waals surface area contributed by atoms with E-state index in [1.165, 1.54) is 7.11 Å². The van der Waals surface area contributed by atoms with Crippen LogP contribution in [0.5, 0.6) is 0 Å². The highest BCUT2D eigenvalue weighted by Crippen LogP contribution is 2.36. The molecule has 0 saturated heterocycles. The van der Waals surface area contributed by atoms with Gasteiger partial charge in [0.25, 0.3) is 0 Å². The van der Waals surface area contributed by atoms with E-state index in [-0.39, 0.29) is 12.5 Å². The van der Waals surface area contributed by atoms with Crippen molar-refractivity contribution >= 4 is 23.0 Å². The van der Waals surface area contributed by atoms with Crippen LogP contribution in [0.3, 0.4) is 0 Å². The van der Waals surface area contributed by atoms with Gasteiger partial charge in [0.2, 0.25) is 0 Å². The highest BCUT2D eigenvalue weighted by atomic mass is 16.6. The number of fused-ring (bicyclic) bond motifs is 1. The molecular formula is C24H34N2O5. The summed E-state index contributed by atoms with van der Waals surface area (Å²) in [5, 5.41) is 14.4. The van der Waals surface area contributed by atoms with Gasteiger partial charge in [-0.1, -0.05) is 25.1 Å². The van der Waals surface area contributed by atoms with E-state index in [1.807, 2.05) is 30.5 Å². The maximum absolute atomic E-state index is 12.4. The predicted octanol–water partition coefficient (Wildman–Crippen LogP) is 3.97. The first-order valence-corrected chi connectivity index (χ1v) is 10.9. The molecule has 1 heterocycles. The molecule has 0 radical (unpaired) electrons. The number of ether oxygens (including phenoxy) is 2. The van der Waals surface area contributed by atoms with Crippen molar-refractivity contribution in [2.45, 2.75) is 77.2 Å². The molecule has 3 rings (SSSR count). The Balaban J connectivity index is 1.90. The Labute approximate surface area is 183 Å². The predicted molar refractivity (Wildman–Crippen MR) is 119 cm³/mol. The van der Waals surface area contributed by atoms with Crippen LogP contribution in [0.1, 0.15) is 58.6 Å². The molecule has 1 saturated carbocycles. The summed E-state index contributed by atoms with van der Waals surface area (Å²) in [4.78, 5) is 24.7. The van der Waals surface area contributed by atoms with Gasteiger partial charge in [0.05, 0.1) is 19.3 Å². The molecular weight excluding hydrogens is 396 g/mol. The molecule has 1 aliphatic rings. The van der Waals surface area contributed by atoms with Crippen LogP contribution in [0, 0.1) is 5.92 Å². The Hall–Kier alpha value is -2.54. The molecule has 2 aromatic rings. The largest absolute Gasteiger partial charge is 0.467 e. The topological polar surface area (TPSA) is 89.8 Å². The smallest absolute Gasteiger partial charge is 0.408 e. The van der Waals surface area contributed by atoms with Crippen molar-refractivity contribution < 1.29 is 24.2 Å². The number of rotatable bonds is 5. The Morgan fingerprint density at radius 3 is 2.61 bits per heavy atom. The van der Waals surface area contributed by atoms with Crippen molar-refractivity contribution in [2.24, 2.45) is 5.92 Å². The fraction of sp³-hybridized carbons (Fsp3) is 0.583. The number of alkyl carbamates (subject to hydrolysis) is 1. The number of esters is 1. The van der Waals surface area contributed by atoms with Crippen LogP contribution in [0.4, 0.5) is 4.79 Å². The van der Waals surface area contributed by atoms with Crippen LogP contribution in [0.25, 0.3) is 10.9 Å². The number of aromatic nitrogens is 1. The number of hydrogen-bond donors (Lipinski definition) is 2. The number of benzene rings is 1. The third-order valence-corrected chi connectivity index (χ3v) is 5.82. The number of para-hydroxylation sites is 1. The zero-order valence-corrected chi connectivity index (χ0v) is 19.1. The molecule has 0 aliphatic heterocycles. The van der Waals surface area contributed by atoms with Crippen LogP contribution in [-0.4, -0.2) is 46.6 Å². The van der Waals surface area contributed by atoms with Crippen LogP contribution < -0.4 is 5.32 Å². The van der Waals surface area contributed by atoms with Crippen LogP contribution >= 0.6 is 0 Å². The van der Waals surface area contributed by atoms with E-state index in [0.717, 1.165) is 35.7 Å². The minimum atomic E-state index is -0.879. The van der Waals surface area contributed by atoms with Gasteiger partial charge in [0, 0.05) is 23.5 Å². The molecule has 7 heteroatoms. The second-order valence-electron chi connectivity index (χ2n) is 9.56. The van der Waals surface area contributed by atoms with E-state index in [0.29, 0.717) is 5.92 Å².